The lowest BCUT2D eigenvalue weighted by atomic mass is 10.1. The summed E-state index contributed by atoms with van der Waals surface area (Å²) in [6.07, 6.45) is 0. The molecule has 2 rings (SSSR count). The molecule has 2 amide bonds. The number of carbonyl (C=O) groups excluding carboxylic acids is 2. The van der Waals surface area contributed by atoms with Gasteiger partial charge in [0.25, 0.3) is 5.91 Å². The van der Waals surface area contributed by atoms with Crippen molar-refractivity contribution in [1.29, 1.82) is 0 Å². The molecule has 0 saturated heterocycles. The van der Waals surface area contributed by atoms with Gasteiger partial charge in [0.1, 0.15) is 5.82 Å². The molecule has 0 aliphatic carbocycles. The van der Waals surface area contributed by atoms with Gasteiger partial charge in [-0.3, -0.25) is 14.4 Å². The van der Waals surface area contributed by atoms with E-state index in [-0.39, 0.29) is 42.8 Å². The van der Waals surface area contributed by atoms with E-state index in [1.165, 1.54) is 12.1 Å². The molecule has 2 aromatic rings. The fraction of sp³-hybridized carbons (Fsp3) is 0.364. The predicted octanol–water partition coefficient (Wildman–Crippen LogP) is 3.07. The number of hydroxylamine groups is 3. The summed E-state index contributed by atoms with van der Waals surface area (Å²) in [5.74, 6) is -5.10. The van der Waals surface area contributed by atoms with Crippen molar-refractivity contribution in [3.8, 4) is 0 Å². The van der Waals surface area contributed by atoms with Crippen molar-refractivity contribution in [1.82, 2.24) is 15.9 Å². The number of carbonyl (C=O) groups is 2. The summed E-state index contributed by atoms with van der Waals surface area (Å²) in [6.45, 7) is 2.15. The van der Waals surface area contributed by atoms with Crippen LogP contribution in [-0.2, 0) is 16.2 Å². The number of nitrogens with zero attached hydrogens (tertiary/aromatic N) is 1. The van der Waals surface area contributed by atoms with Gasteiger partial charge in [-0.2, -0.15) is 5.06 Å². The summed E-state index contributed by atoms with van der Waals surface area (Å²) in [7, 11) is 0. The molecule has 0 saturated carbocycles. The normalized spacial score (nSPS) is 11.1. The van der Waals surface area contributed by atoms with E-state index in [0.717, 1.165) is 12.1 Å². The SMILES string of the molecule is CC(C)C(=O)NCCN(O)Cc1cc(C(=O)NOCCO)c(Nc2ccc(I)cc2F)c(F)c1F. The largest absolute Gasteiger partial charge is 0.394 e. The number of halogens is 4. The maximum atomic E-state index is 15.1. The second kappa shape index (κ2) is 13.6. The Labute approximate surface area is 213 Å². The zero-order valence-electron chi connectivity index (χ0n) is 19.0. The summed E-state index contributed by atoms with van der Waals surface area (Å²) in [6, 6.07) is 4.98. The van der Waals surface area contributed by atoms with E-state index in [4.69, 9.17) is 9.94 Å². The Balaban J connectivity index is 2.33. The van der Waals surface area contributed by atoms with Crippen LogP contribution in [0.1, 0.15) is 29.8 Å². The second-order valence-electron chi connectivity index (χ2n) is 7.67. The van der Waals surface area contributed by atoms with E-state index in [1.54, 1.807) is 13.8 Å². The standard InChI is InChI=1S/C22H26F3IN4O5/c1-12(2)21(32)27-5-6-30(34)11-13-9-15(22(33)29-35-8-7-31)20(19(25)18(13)24)28-17-4-3-14(26)10-16(17)23/h3-4,9-10,12,28,31,34H,5-8,11H2,1-2H3,(H,27,32)(H,29,33). The third-order valence-corrected chi connectivity index (χ3v) is 5.29. The topological polar surface area (TPSA) is 123 Å². The molecule has 0 spiro atoms. The molecule has 192 valence electrons. The maximum Gasteiger partial charge on any atom is 0.277 e. The third kappa shape index (κ3) is 8.31. The van der Waals surface area contributed by atoms with Crippen molar-refractivity contribution in [2.24, 2.45) is 5.92 Å². The number of rotatable bonds is 12. The highest BCUT2D eigenvalue weighted by molar-refractivity contribution is 14.1. The van der Waals surface area contributed by atoms with Gasteiger partial charge in [-0.05, 0) is 46.9 Å². The lowest BCUT2D eigenvalue weighted by Crippen LogP contribution is -2.35. The molecule has 13 heteroatoms. The molecule has 0 bridgehead atoms. The molecule has 9 nitrogen and oxygen atoms in total. The minimum absolute atomic E-state index is 0.0473. The Hall–Kier alpha value is -2.46. The van der Waals surface area contributed by atoms with Crippen LogP contribution < -0.4 is 16.1 Å². The second-order valence-corrected chi connectivity index (χ2v) is 8.92. The van der Waals surface area contributed by atoms with Crippen molar-refractivity contribution in [2.75, 3.05) is 31.6 Å². The van der Waals surface area contributed by atoms with E-state index >= 15 is 4.39 Å². The molecule has 5 N–H and O–H groups in total. The van der Waals surface area contributed by atoms with Crippen molar-refractivity contribution < 1.29 is 37.9 Å². The summed E-state index contributed by atoms with van der Waals surface area (Å²) < 4.78 is 44.9. The molecule has 0 heterocycles. The van der Waals surface area contributed by atoms with Gasteiger partial charge in [-0.1, -0.05) is 13.8 Å². The first kappa shape index (κ1) is 28.8. The van der Waals surface area contributed by atoms with Gasteiger partial charge in [0.05, 0.1) is 36.7 Å². The van der Waals surface area contributed by atoms with Crippen LogP contribution in [0, 0.1) is 26.9 Å². The number of aliphatic hydroxyl groups is 1. The summed E-state index contributed by atoms with van der Waals surface area (Å²) >= 11 is 1.88. The molecule has 35 heavy (non-hydrogen) atoms. The Morgan fingerprint density at radius 1 is 1.17 bits per heavy atom. The number of benzene rings is 2. The van der Waals surface area contributed by atoms with Crippen LogP contribution in [0.3, 0.4) is 0 Å². The lowest BCUT2D eigenvalue weighted by molar-refractivity contribution is -0.125. The third-order valence-electron chi connectivity index (χ3n) is 4.62. The fourth-order valence-electron chi connectivity index (χ4n) is 2.83. The van der Waals surface area contributed by atoms with Crippen molar-refractivity contribution in [3.05, 3.63) is 56.4 Å². The quantitative estimate of drug-likeness (QED) is 0.142. The van der Waals surface area contributed by atoms with E-state index < -0.39 is 47.8 Å². The van der Waals surface area contributed by atoms with E-state index in [1.807, 2.05) is 28.1 Å². The molecule has 0 radical (unpaired) electrons. The highest BCUT2D eigenvalue weighted by atomic mass is 127. The van der Waals surface area contributed by atoms with E-state index in [2.05, 4.69) is 10.6 Å². The molecule has 0 aliphatic heterocycles. The summed E-state index contributed by atoms with van der Waals surface area (Å²) in [5, 5.41) is 24.5. The van der Waals surface area contributed by atoms with Crippen LogP contribution in [0.2, 0.25) is 0 Å². The molecule has 0 atom stereocenters. The van der Waals surface area contributed by atoms with Gasteiger partial charge < -0.3 is 20.9 Å². The minimum atomic E-state index is -1.48. The molecular weight excluding hydrogens is 584 g/mol. The van der Waals surface area contributed by atoms with Gasteiger partial charge in [0.15, 0.2) is 11.6 Å². The first-order valence-electron chi connectivity index (χ1n) is 10.5. The smallest absolute Gasteiger partial charge is 0.277 e. The summed E-state index contributed by atoms with van der Waals surface area (Å²) in [4.78, 5) is 29.0. The van der Waals surface area contributed by atoms with Gasteiger partial charge in [-0.25, -0.2) is 18.7 Å². The number of anilines is 2. The number of aliphatic hydroxyl groups excluding tert-OH is 1. The van der Waals surface area contributed by atoms with Crippen molar-refractivity contribution >= 4 is 45.8 Å². The Bertz CT molecular complexity index is 1060. The Kier molecular flexibility index (Phi) is 11.2. The van der Waals surface area contributed by atoms with Crippen molar-refractivity contribution in [3.63, 3.8) is 0 Å². The van der Waals surface area contributed by atoms with Gasteiger partial charge in [-0.15, -0.1) is 0 Å². The molecule has 0 fully saturated rings. The van der Waals surface area contributed by atoms with E-state index in [0.29, 0.717) is 8.63 Å². The summed E-state index contributed by atoms with van der Waals surface area (Å²) in [5.41, 5.74) is 0.329. The average Bonchev–Trinajstić information content (AvgIpc) is 2.80. The molecule has 0 aliphatic rings. The van der Waals surface area contributed by atoms with E-state index in [9.17, 15) is 23.6 Å². The van der Waals surface area contributed by atoms with Gasteiger partial charge >= 0.3 is 0 Å². The first-order valence-corrected chi connectivity index (χ1v) is 11.6. The van der Waals surface area contributed by atoms with Crippen LogP contribution in [0.15, 0.2) is 24.3 Å². The Morgan fingerprint density at radius 3 is 2.51 bits per heavy atom. The highest BCUT2D eigenvalue weighted by Gasteiger charge is 2.24. The average molecular weight is 610 g/mol. The zero-order chi connectivity index (χ0) is 26.1. The molecule has 0 unspecified atom stereocenters. The first-order chi connectivity index (χ1) is 16.5. The van der Waals surface area contributed by atoms with Crippen LogP contribution in [0.4, 0.5) is 24.5 Å². The predicted molar refractivity (Wildman–Crippen MR) is 129 cm³/mol. The Morgan fingerprint density at radius 2 is 1.89 bits per heavy atom. The lowest BCUT2D eigenvalue weighted by Gasteiger charge is -2.19. The van der Waals surface area contributed by atoms with Crippen LogP contribution >= 0.6 is 22.6 Å². The number of hydrogen-bond acceptors (Lipinski definition) is 7. The van der Waals surface area contributed by atoms with Crippen molar-refractivity contribution in [2.45, 2.75) is 20.4 Å². The molecule has 0 aromatic heterocycles. The molecular formula is C22H26F3IN4O5. The van der Waals surface area contributed by atoms with Gasteiger partial charge in [0, 0.05) is 28.1 Å². The fourth-order valence-corrected chi connectivity index (χ4v) is 3.28. The number of hydrogen-bond donors (Lipinski definition) is 5. The van der Waals surface area contributed by atoms with Crippen LogP contribution in [0.25, 0.3) is 0 Å². The number of nitrogens with one attached hydrogen (secondary N) is 3. The highest BCUT2D eigenvalue weighted by Crippen LogP contribution is 2.31. The van der Waals surface area contributed by atoms with Crippen LogP contribution in [-0.4, -0.2) is 53.5 Å². The zero-order valence-corrected chi connectivity index (χ0v) is 21.2. The maximum absolute atomic E-state index is 15.1. The van der Waals surface area contributed by atoms with Crippen LogP contribution in [0.5, 0.6) is 0 Å². The molecule has 2 aromatic carbocycles. The minimum Gasteiger partial charge on any atom is -0.394 e. The monoisotopic (exact) mass is 610 g/mol. The number of amides is 2. The van der Waals surface area contributed by atoms with Gasteiger partial charge in [0.2, 0.25) is 5.91 Å².